The van der Waals surface area contributed by atoms with E-state index in [1.165, 1.54) is 19.3 Å². The predicted molar refractivity (Wildman–Crippen MR) is 74.0 cm³/mol. The molecule has 1 fully saturated rings. The Bertz CT molecular complexity index is 541. The average Bonchev–Trinajstić information content (AvgIpc) is 2.46. The quantitative estimate of drug-likeness (QED) is 0.839. The molecular formula is C15H17N3O. The number of carbonyl (C=O) groups excluding carboxylic acids is 1. The second-order valence-corrected chi connectivity index (χ2v) is 5.31. The zero-order chi connectivity index (χ0) is 13.2. The van der Waals surface area contributed by atoms with Gasteiger partial charge in [0.2, 0.25) is 5.91 Å². The number of nitrogens with zero attached hydrogens (tertiary/aromatic N) is 2. The Kier molecular flexibility index (Phi) is 3.12. The third kappa shape index (κ3) is 2.28. The highest BCUT2D eigenvalue weighted by molar-refractivity contribution is 6.01. The van der Waals surface area contributed by atoms with Crippen LogP contribution in [0.25, 0.3) is 0 Å². The van der Waals surface area contributed by atoms with Crippen molar-refractivity contribution in [2.75, 3.05) is 16.8 Å². The number of hydrogen-bond acceptors (Lipinski definition) is 3. The van der Waals surface area contributed by atoms with Gasteiger partial charge < -0.3 is 10.2 Å². The second-order valence-electron chi connectivity index (χ2n) is 5.31. The Hall–Kier alpha value is -2.02. The third-order valence-corrected chi connectivity index (χ3v) is 4.04. The summed E-state index contributed by atoms with van der Waals surface area (Å²) in [7, 11) is 0. The van der Waals surface area contributed by atoms with Gasteiger partial charge in [-0.1, -0.05) is 19.3 Å². The van der Waals surface area contributed by atoms with Crippen LogP contribution in [0.4, 0.5) is 11.4 Å². The van der Waals surface area contributed by atoms with Crippen LogP contribution in [-0.2, 0) is 4.79 Å². The molecule has 0 radical (unpaired) electrons. The molecule has 1 aromatic carbocycles. The topological polar surface area (TPSA) is 56.1 Å². The number of anilines is 2. The number of amides is 1. The minimum atomic E-state index is 0.0214. The van der Waals surface area contributed by atoms with Gasteiger partial charge in [0, 0.05) is 6.04 Å². The monoisotopic (exact) mass is 255 g/mol. The fourth-order valence-electron chi connectivity index (χ4n) is 3.10. The maximum absolute atomic E-state index is 11.8. The van der Waals surface area contributed by atoms with Crippen molar-refractivity contribution in [1.82, 2.24) is 0 Å². The van der Waals surface area contributed by atoms with E-state index in [0.29, 0.717) is 18.2 Å². The van der Waals surface area contributed by atoms with Gasteiger partial charge in [-0.3, -0.25) is 4.79 Å². The lowest BCUT2D eigenvalue weighted by Gasteiger charge is -2.39. The zero-order valence-electron chi connectivity index (χ0n) is 10.9. The van der Waals surface area contributed by atoms with Crippen molar-refractivity contribution in [2.24, 2.45) is 0 Å². The molecule has 2 aliphatic rings. The van der Waals surface area contributed by atoms with Crippen molar-refractivity contribution >= 4 is 17.3 Å². The van der Waals surface area contributed by atoms with Gasteiger partial charge in [0.25, 0.3) is 0 Å². The molecule has 98 valence electrons. The number of fused-ring (bicyclic) bond motifs is 1. The van der Waals surface area contributed by atoms with Crippen molar-refractivity contribution in [3.05, 3.63) is 23.8 Å². The molecule has 19 heavy (non-hydrogen) atoms. The Morgan fingerprint density at radius 3 is 2.79 bits per heavy atom. The van der Waals surface area contributed by atoms with Gasteiger partial charge in [0.1, 0.15) is 0 Å². The maximum Gasteiger partial charge on any atom is 0.243 e. The Morgan fingerprint density at radius 2 is 2.05 bits per heavy atom. The lowest BCUT2D eigenvalue weighted by molar-refractivity contribution is -0.115. The lowest BCUT2D eigenvalue weighted by atomic mass is 9.93. The van der Waals surface area contributed by atoms with Crippen molar-refractivity contribution < 1.29 is 4.79 Å². The molecule has 1 saturated carbocycles. The summed E-state index contributed by atoms with van der Waals surface area (Å²) in [5.74, 6) is 0.0214. The van der Waals surface area contributed by atoms with E-state index in [2.05, 4.69) is 16.3 Å². The van der Waals surface area contributed by atoms with Gasteiger partial charge in [-0.25, -0.2) is 0 Å². The van der Waals surface area contributed by atoms with E-state index in [1.807, 2.05) is 12.1 Å². The number of hydrogen-bond donors (Lipinski definition) is 1. The summed E-state index contributed by atoms with van der Waals surface area (Å²) in [5, 5.41) is 11.8. The normalized spacial score (nSPS) is 19.5. The first-order valence-corrected chi connectivity index (χ1v) is 6.88. The summed E-state index contributed by atoms with van der Waals surface area (Å²) in [6.07, 6.45) is 6.11. The number of nitriles is 1. The van der Waals surface area contributed by atoms with Crippen LogP contribution in [0.5, 0.6) is 0 Å². The van der Waals surface area contributed by atoms with Crippen LogP contribution in [0.15, 0.2) is 18.2 Å². The highest BCUT2D eigenvalue weighted by Gasteiger charge is 2.28. The van der Waals surface area contributed by atoms with E-state index in [4.69, 9.17) is 5.26 Å². The minimum Gasteiger partial charge on any atom is -0.358 e. The molecule has 0 saturated heterocycles. The van der Waals surface area contributed by atoms with Crippen LogP contribution in [0.2, 0.25) is 0 Å². The molecule has 0 spiro atoms. The molecular weight excluding hydrogens is 238 g/mol. The molecule has 0 atom stereocenters. The van der Waals surface area contributed by atoms with E-state index >= 15 is 0 Å². The molecule has 1 aliphatic heterocycles. The largest absolute Gasteiger partial charge is 0.358 e. The number of benzene rings is 1. The summed E-state index contributed by atoms with van der Waals surface area (Å²) in [4.78, 5) is 14.1. The van der Waals surface area contributed by atoms with E-state index in [9.17, 15) is 4.79 Å². The average molecular weight is 255 g/mol. The lowest BCUT2D eigenvalue weighted by Crippen LogP contribution is -2.45. The molecule has 0 unspecified atom stereocenters. The van der Waals surface area contributed by atoms with Crippen LogP contribution in [-0.4, -0.2) is 18.5 Å². The van der Waals surface area contributed by atoms with Crippen LogP contribution in [0.3, 0.4) is 0 Å². The molecule has 4 nitrogen and oxygen atoms in total. The van der Waals surface area contributed by atoms with Gasteiger partial charge in [-0.15, -0.1) is 0 Å². The molecule has 1 aromatic rings. The van der Waals surface area contributed by atoms with Crippen molar-refractivity contribution in [3.63, 3.8) is 0 Å². The van der Waals surface area contributed by atoms with Gasteiger partial charge in [0.15, 0.2) is 0 Å². The van der Waals surface area contributed by atoms with E-state index in [1.54, 1.807) is 6.07 Å². The van der Waals surface area contributed by atoms with Crippen LogP contribution < -0.4 is 10.2 Å². The van der Waals surface area contributed by atoms with Gasteiger partial charge in [0.05, 0.1) is 29.6 Å². The zero-order valence-corrected chi connectivity index (χ0v) is 10.9. The SMILES string of the molecule is N#Cc1ccc2c(c1)NC(=O)CN2C1CCCCC1. The first-order chi connectivity index (χ1) is 9.28. The van der Waals surface area contributed by atoms with Crippen LogP contribution in [0, 0.1) is 11.3 Å². The summed E-state index contributed by atoms with van der Waals surface area (Å²) in [6, 6.07) is 8.13. The Morgan fingerprint density at radius 1 is 1.26 bits per heavy atom. The first kappa shape index (κ1) is 12.0. The Balaban J connectivity index is 1.95. The van der Waals surface area contributed by atoms with Gasteiger partial charge >= 0.3 is 0 Å². The molecule has 1 N–H and O–H groups in total. The summed E-state index contributed by atoms with van der Waals surface area (Å²) in [6.45, 7) is 0.434. The number of carbonyl (C=O) groups is 1. The minimum absolute atomic E-state index is 0.0214. The standard InChI is InChI=1S/C15H17N3O/c16-9-11-6-7-14-13(8-11)17-15(19)10-18(14)12-4-2-1-3-5-12/h6-8,12H,1-5,10H2,(H,17,19). The van der Waals surface area contributed by atoms with E-state index < -0.39 is 0 Å². The summed E-state index contributed by atoms with van der Waals surface area (Å²) >= 11 is 0. The fourth-order valence-corrected chi connectivity index (χ4v) is 3.10. The van der Waals surface area contributed by atoms with Crippen molar-refractivity contribution in [2.45, 2.75) is 38.1 Å². The molecule has 1 aliphatic carbocycles. The molecule has 1 amide bonds. The van der Waals surface area contributed by atoms with E-state index in [-0.39, 0.29) is 5.91 Å². The highest BCUT2D eigenvalue weighted by atomic mass is 16.2. The maximum atomic E-state index is 11.8. The van der Waals surface area contributed by atoms with E-state index in [0.717, 1.165) is 24.2 Å². The number of rotatable bonds is 1. The molecule has 0 bridgehead atoms. The highest BCUT2D eigenvalue weighted by Crippen LogP contribution is 2.35. The Labute approximate surface area is 113 Å². The summed E-state index contributed by atoms with van der Waals surface area (Å²) in [5.41, 5.74) is 2.43. The molecule has 4 heteroatoms. The smallest absolute Gasteiger partial charge is 0.243 e. The molecule has 3 rings (SSSR count). The molecule has 1 heterocycles. The summed E-state index contributed by atoms with van der Waals surface area (Å²) < 4.78 is 0. The number of nitrogens with one attached hydrogen (secondary N) is 1. The first-order valence-electron chi connectivity index (χ1n) is 6.88. The molecule has 0 aromatic heterocycles. The predicted octanol–water partition coefficient (Wildman–Crippen LogP) is 2.65. The van der Waals surface area contributed by atoms with Gasteiger partial charge in [-0.05, 0) is 31.0 Å². The van der Waals surface area contributed by atoms with Gasteiger partial charge in [-0.2, -0.15) is 5.26 Å². The van der Waals surface area contributed by atoms with Crippen molar-refractivity contribution in [1.29, 1.82) is 5.26 Å². The third-order valence-electron chi connectivity index (χ3n) is 4.04. The van der Waals surface area contributed by atoms with Crippen LogP contribution in [0.1, 0.15) is 37.7 Å². The van der Waals surface area contributed by atoms with Crippen molar-refractivity contribution in [3.8, 4) is 6.07 Å². The van der Waals surface area contributed by atoms with Crippen LogP contribution >= 0.6 is 0 Å². The second kappa shape index (κ2) is 4.93. The fraction of sp³-hybridized carbons (Fsp3) is 0.467.